The van der Waals surface area contributed by atoms with Gasteiger partial charge in [-0.25, -0.2) is 0 Å². The number of likely N-dealkylation sites (tertiary alicyclic amines) is 1. The van der Waals surface area contributed by atoms with E-state index in [1.807, 2.05) is 0 Å². The average Bonchev–Trinajstić information content (AvgIpc) is 2.39. The smallest absolute Gasteiger partial charge is 0.0434 e. The molecule has 2 aliphatic heterocycles. The van der Waals surface area contributed by atoms with E-state index in [1.54, 1.807) is 0 Å². The second-order valence-electron chi connectivity index (χ2n) is 5.41. The summed E-state index contributed by atoms with van der Waals surface area (Å²) in [6, 6.07) is 0. The van der Waals surface area contributed by atoms with Crippen molar-refractivity contribution in [2.24, 2.45) is 5.92 Å². The lowest BCUT2D eigenvalue weighted by Crippen LogP contribution is -2.47. The molecule has 4 heteroatoms. The Bertz CT molecular complexity index is 205. The van der Waals surface area contributed by atoms with Gasteiger partial charge in [0.1, 0.15) is 0 Å². The van der Waals surface area contributed by atoms with Crippen LogP contribution in [0.5, 0.6) is 0 Å². The molecule has 0 aromatic rings. The van der Waals surface area contributed by atoms with Gasteiger partial charge >= 0.3 is 0 Å². The van der Waals surface area contributed by atoms with Crippen LogP contribution in [0.15, 0.2) is 0 Å². The van der Waals surface area contributed by atoms with E-state index in [4.69, 9.17) is 5.11 Å². The lowest BCUT2D eigenvalue weighted by Gasteiger charge is -2.35. The summed E-state index contributed by atoms with van der Waals surface area (Å²) in [6.07, 6.45) is 3.61. The Morgan fingerprint density at radius 1 is 1.06 bits per heavy atom. The number of hydrogen-bond acceptors (Lipinski definition) is 4. The van der Waals surface area contributed by atoms with E-state index in [0.29, 0.717) is 6.61 Å². The van der Waals surface area contributed by atoms with Crippen molar-refractivity contribution >= 4 is 0 Å². The molecule has 0 aromatic heterocycles. The molecule has 2 fully saturated rings. The van der Waals surface area contributed by atoms with E-state index in [9.17, 15) is 0 Å². The molecule has 100 valence electrons. The summed E-state index contributed by atoms with van der Waals surface area (Å²) in [6.45, 7) is 9.94. The molecule has 0 amide bonds. The minimum absolute atomic E-state index is 0.357. The molecule has 1 atom stereocenters. The van der Waals surface area contributed by atoms with Crippen LogP contribution in [0.4, 0.5) is 0 Å². The first-order valence-corrected chi connectivity index (χ1v) is 7.15. The molecule has 2 heterocycles. The molecule has 4 nitrogen and oxygen atoms in total. The van der Waals surface area contributed by atoms with Crippen LogP contribution in [0.2, 0.25) is 0 Å². The Kier molecular flexibility index (Phi) is 5.71. The van der Waals surface area contributed by atoms with Crippen molar-refractivity contribution in [2.75, 3.05) is 59.0 Å². The van der Waals surface area contributed by atoms with Crippen molar-refractivity contribution in [2.45, 2.75) is 19.3 Å². The van der Waals surface area contributed by atoms with Gasteiger partial charge in [-0.15, -0.1) is 0 Å². The molecule has 0 aromatic carbocycles. The zero-order chi connectivity index (χ0) is 11.9. The predicted octanol–water partition coefficient (Wildman–Crippen LogP) is -0.0140. The van der Waals surface area contributed by atoms with Crippen molar-refractivity contribution in [1.29, 1.82) is 0 Å². The number of piperazine rings is 1. The SMILES string of the molecule is OCCC1CCCN(CCN2CCNCC2)C1. The number of rotatable bonds is 5. The number of nitrogens with one attached hydrogen (secondary N) is 1. The van der Waals surface area contributed by atoms with Crippen molar-refractivity contribution in [3.63, 3.8) is 0 Å². The summed E-state index contributed by atoms with van der Waals surface area (Å²) in [4.78, 5) is 5.15. The predicted molar refractivity (Wildman–Crippen MR) is 70.2 cm³/mol. The molecular weight excluding hydrogens is 214 g/mol. The van der Waals surface area contributed by atoms with E-state index in [2.05, 4.69) is 15.1 Å². The molecule has 2 N–H and O–H groups in total. The average molecular weight is 241 g/mol. The Balaban J connectivity index is 1.64. The first-order valence-electron chi connectivity index (χ1n) is 7.15. The molecule has 0 spiro atoms. The van der Waals surface area contributed by atoms with Gasteiger partial charge in [0.15, 0.2) is 0 Å². The molecule has 1 unspecified atom stereocenters. The van der Waals surface area contributed by atoms with Crippen LogP contribution >= 0.6 is 0 Å². The topological polar surface area (TPSA) is 38.7 Å². The van der Waals surface area contributed by atoms with Crippen LogP contribution in [0, 0.1) is 5.92 Å². The fourth-order valence-electron chi connectivity index (χ4n) is 2.99. The second kappa shape index (κ2) is 7.31. The lowest BCUT2D eigenvalue weighted by molar-refractivity contribution is 0.127. The summed E-state index contributed by atoms with van der Waals surface area (Å²) >= 11 is 0. The Morgan fingerprint density at radius 3 is 2.59 bits per heavy atom. The highest BCUT2D eigenvalue weighted by atomic mass is 16.3. The number of aliphatic hydroxyl groups is 1. The zero-order valence-electron chi connectivity index (χ0n) is 10.9. The highest BCUT2D eigenvalue weighted by Gasteiger charge is 2.20. The Hall–Kier alpha value is -0.160. The maximum Gasteiger partial charge on any atom is 0.0434 e. The lowest BCUT2D eigenvalue weighted by atomic mass is 9.95. The van der Waals surface area contributed by atoms with Gasteiger partial charge in [-0.05, 0) is 31.7 Å². The fraction of sp³-hybridized carbons (Fsp3) is 1.00. The molecule has 2 rings (SSSR count). The van der Waals surface area contributed by atoms with Gasteiger partial charge in [-0.1, -0.05) is 0 Å². The first kappa shape index (κ1) is 13.3. The van der Waals surface area contributed by atoms with Gasteiger partial charge in [-0.2, -0.15) is 0 Å². The zero-order valence-corrected chi connectivity index (χ0v) is 10.9. The molecular formula is C13H27N3O. The summed E-state index contributed by atoms with van der Waals surface area (Å²) < 4.78 is 0. The van der Waals surface area contributed by atoms with Crippen molar-refractivity contribution < 1.29 is 5.11 Å². The third kappa shape index (κ3) is 4.54. The number of hydrogen-bond donors (Lipinski definition) is 2. The van der Waals surface area contributed by atoms with Gasteiger partial charge in [0.2, 0.25) is 0 Å². The van der Waals surface area contributed by atoms with Crippen molar-refractivity contribution in [3.05, 3.63) is 0 Å². The molecule has 0 saturated carbocycles. The summed E-state index contributed by atoms with van der Waals surface area (Å²) in [5.41, 5.74) is 0. The van der Waals surface area contributed by atoms with Gasteiger partial charge < -0.3 is 15.3 Å². The minimum Gasteiger partial charge on any atom is -0.396 e. The van der Waals surface area contributed by atoms with Gasteiger partial charge in [-0.3, -0.25) is 4.90 Å². The maximum absolute atomic E-state index is 9.00. The Labute approximate surface area is 105 Å². The Morgan fingerprint density at radius 2 is 1.82 bits per heavy atom. The van der Waals surface area contributed by atoms with E-state index in [0.717, 1.165) is 25.4 Å². The standard InChI is InChI=1S/C13H27N3O/c17-11-3-13-2-1-6-16(12-13)10-9-15-7-4-14-5-8-15/h13-14,17H,1-12H2. The van der Waals surface area contributed by atoms with Crippen LogP contribution in [-0.4, -0.2) is 73.9 Å². The van der Waals surface area contributed by atoms with Crippen LogP contribution in [0.25, 0.3) is 0 Å². The molecule has 0 bridgehead atoms. The van der Waals surface area contributed by atoms with Crippen molar-refractivity contribution in [3.8, 4) is 0 Å². The van der Waals surface area contributed by atoms with Gasteiger partial charge in [0.05, 0.1) is 0 Å². The quantitative estimate of drug-likeness (QED) is 0.710. The number of nitrogens with zero attached hydrogens (tertiary/aromatic N) is 2. The van der Waals surface area contributed by atoms with E-state index >= 15 is 0 Å². The molecule has 2 aliphatic rings. The normalized spacial score (nSPS) is 28.4. The third-order valence-corrected chi connectivity index (χ3v) is 4.08. The van der Waals surface area contributed by atoms with E-state index in [-0.39, 0.29) is 0 Å². The first-order chi connectivity index (χ1) is 8.38. The largest absolute Gasteiger partial charge is 0.396 e. The molecule has 0 aliphatic carbocycles. The minimum atomic E-state index is 0.357. The van der Waals surface area contributed by atoms with Gasteiger partial charge in [0, 0.05) is 52.4 Å². The summed E-state index contributed by atoms with van der Waals surface area (Å²) in [5.74, 6) is 0.733. The van der Waals surface area contributed by atoms with Crippen LogP contribution in [0.1, 0.15) is 19.3 Å². The number of piperidine rings is 1. The van der Waals surface area contributed by atoms with Crippen LogP contribution in [0.3, 0.4) is 0 Å². The molecule has 17 heavy (non-hydrogen) atoms. The van der Waals surface area contributed by atoms with E-state index in [1.165, 1.54) is 52.1 Å². The van der Waals surface area contributed by atoms with Gasteiger partial charge in [0.25, 0.3) is 0 Å². The highest BCUT2D eigenvalue weighted by Crippen LogP contribution is 2.18. The summed E-state index contributed by atoms with van der Waals surface area (Å²) in [5, 5.41) is 12.4. The monoisotopic (exact) mass is 241 g/mol. The molecule has 0 radical (unpaired) electrons. The fourth-order valence-corrected chi connectivity index (χ4v) is 2.99. The second-order valence-corrected chi connectivity index (χ2v) is 5.41. The van der Waals surface area contributed by atoms with E-state index < -0.39 is 0 Å². The highest BCUT2D eigenvalue weighted by molar-refractivity contribution is 4.75. The number of aliphatic hydroxyl groups excluding tert-OH is 1. The van der Waals surface area contributed by atoms with Crippen LogP contribution in [-0.2, 0) is 0 Å². The maximum atomic E-state index is 9.00. The van der Waals surface area contributed by atoms with Crippen molar-refractivity contribution in [1.82, 2.24) is 15.1 Å². The van der Waals surface area contributed by atoms with Crippen LogP contribution < -0.4 is 5.32 Å². The third-order valence-electron chi connectivity index (χ3n) is 4.08. The summed E-state index contributed by atoms with van der Waals surface area (Å²) in [7, 11) is 0. The molecule has 2 saturated heterocycles.